The van der Waals surface area contributed by atoms with Gasteiger partial charge in [0.05, 0.1) is 18.6 Å². The molecule has 0 aromatic heterocycles. The van der Waals surface area contributed by atoms with Crippen molar-refractivity contribution in [1.29, 1.82) is 0 Å². The van der Waals surface area contributed by atoms with Gasteiger partial charge in [-0.1, -0.05) is 0 Å². The average Bonchev–Trinajstić information content (AvgIpc) is 2.33. The summed E-state index contributed by atoms with van der Waals surface area (Å²) in [6.07, 6.45) is 7.52. The Kier molecular flexibility index (Phi) is 0.828. The van der Waals surface area contributed by atoms with E-state index < -0.39 is 0 Å². The highest BCUT2D eigenvalue weighted by atomic mass is 15.3. The Morgan fingerprint density at radius 2 is 2.67 bits per heavy atom. The summed E-state index contributed by atoms with van der Waals surface area (Å²) in [5.74, 6) is 0. The average molecular weight is 121 g/mol. The van der Waals surface area contributed by atoms with Crippen LogP contribution in [0.15, 0.2) is 29.3 Å². The molecule has 0 aliphatic carbocycles. The number of allylic oxidation sites excluding steroid dienone is 1. The van der Waals surface area contributed by atoms with Crippen LogP contribution in [-0.4, -0.2) is 17.8 Å². The smallest absolute Gasteiger partial charge is 0.0917 e. The highest BCUT2D eigenvalue weighted by molar-refractivity contribution is 5.79. The predicted molar refractivity (Wildman–Crippen MR) is 35.6 cm³/mol. The first-order valence-corrected chi connectivity index (χ1v) is 2.87. The van der Waals surface area contributed by atoms with E-state index in [0.717, 1.165) is 12.4 Å². The lowest BCUT2D eigenvalue weighted by molar-refractivity contribution is 0.505. The van der Waals surface area contributed by atoms with E-state index in [-0.39, 0.29) is 0 Å². The highest BCUT2D eigenvalue weighted by Gasteiger charge is 2.10. The van der Waals surface area contributed by atoms with Crippen molar-refractivity contribution in [2.45, 2.75) is 0 Å². The van der Waals surface area contributed by atoms with Crippen LogP contribution in [0.4, 0.5) is 0 Å². The number of hydrogen-bond acceptors (Lipinski definition) is 3. The molecule has 0 atom stereocenters. The lowest BCUT2D eigenvalue weighted by Gasteiger charge is -2.14. The first-order valence-electron chi connectivity index (χ1n) is 2.87. The number of hydrogen-bond donors (Lipinski definition) is 1. The Labute approximate surface area is 53.4 Å². The first-order chi connectivity index (χ1) is 4.47. The van der Waals surface area contributed by atoms with Crippen molar-refractivity contribution < 1.29 is 0 Å². The van der Waals surface area contributed by atoms with Gasteiger partial charge in [0.1, 0.15) is 0 Å². The molecule has 0 amide bonds. The molecule has 3 heteroatoms. The lowest BCUT2D eigenvalue weighted by Crippen LogP contribution is -2.19. The Morgan fingerprint density at radius 3 is 3.56 bits per heavy atom. The Bertz CT molecular complexity index is 200. The summed E-state index contributed by atoms with van der Waals surface area (Å²) in [5, 5.41) is 3.09. The second-order valence-electron chi connectivity index (χ2n) is 1.98. The van der Waals surface area contributed by atoms with Crippen molar-refractivity contribution in [1.82, 2.24) is 10.2 Å². The topological polar surface area (TPSA) is 27.6 Å². The molecule has 0 aromatic rings. The molecule has 0 fully saturated rings. The monoisotopic (exact) mass is 121 g/mol. The van der Waals surface area contributed by atoms with Crippen LogP contribution in [0.1, 0.15) is 0 Å². The van der Waals surface area contributed by atoms with Gasteiger partial charge in [0.2, 0.25) is 0 Å². The molecular weight excluding hydrogens is 114 g/mol. The zero-order chi connectivity index (χ0) is 6.10. The van der Waals surface area contributed by atoms with Gasteiger partial charge in [-0.2, -0.15) is 0 Å². The quantitative estimate of drug-likeness (QED) is 0.497. The van der Waals surface area contributed by atoms with Crippen molar-refractivity contribution in [2.24, 2.45) is 4.99 Å². The van der Waals surface area contributed by atoms with Gasteiger partial charge in [0.25, 0.3) is 0 Å². The molecule has 0 bridgehead atoms. The van der Waals surface area contributed by atoms with E-state index >= 15 is 0 Å². The summed E-state index contributed by atoms with van der Waals surface area (Å²) >= 11 is 0. The molecule has 3 nitrogen and oxygen atoms in total. The molecule has 0 saturated heterocycles. The van der Waals surface area contributed by atoms with Crippen molar-refractivity contribution in [3.8, 4) is 0 Å². The van der Waals surface area contributed by atoms with Crippen LogP contribution in [0, 0.1) is 0 Å². The van der Waals surface area contributed by atoms with Gasteiger partial charge in [0, 0.05) is 18.6 Å². The van der Waals surface area contributed by atoms with E-state index in [0.29, 0.717) is 0 Å². The minimum absolute atomic E-state index is 0.873. The van der Waals surface area contributed by atoms with Crippen LogP contribution in [0.3, 0.4) is 0 Å². The van der Waals surface area contributed by atoms with Crippen molar-refractivity contribution in [3.05, 3.63) is 24.3 Å². The zero-order valence-corrected chi connectivity index (χ0v) is 4.91. The largest absolute Gasteiger partial charge is 0.372 e. The van der Waals surface area contributed by atoms with Crippen LogP contribution in [0.5, 0.6) is 0 Å². The summed E-state index contributed by atoms with van der Waals surface area (Å²) in [6, 6.07) is 0. The predicted octanol–water partition coefficient (Wildman–Crippen LogP) is 0.246. The maximum atomic E-state index is 3.96. The fourth-order valence-corrected chi connectivity index (χ4v) is 0.911. The number of aliphatic imine (C=N–C) groups is 1. The van der Waals surface area contributed by atoms with E-state index in [1.165, 1.54) is 0 Å². The normalized spacial score (nSPS) is 21.3. The number of nitrogens with zero attached hydrogens (tertiary/aromatic N) is 2. The molecule has 2 aliphatic rings. The zero-order valence-electron chi connectivity index (χ0n) is 4.91. The minimum atomic E-state index is 0.873. The summed E-state index contributed by atoms with van der Waals surface area (Å²) < 4.78 is 0. The van der Waals surface area contributed by atoms with Gasteiger partial charge in [-0.05, 0) is 0 Å². The Balaban J connectivity index is 2.33. The SMILES string of the molecule is C1=CN2CNC=C2C=N1. The summed E-state index contributed by atoms with van der Waals surface area (Å²) in [6.45, 7) is 0.873. The third-order valence-electron chi connectivity index (χ3n) is 1.38. The number of nitrogens with one attached hydrogen (secondary N) is 1. The second-order valence-corrected chi connectivity index (χ2v) is 1.98. The molecule has 1 N–H and O–H groups in total. The van der Waals surface area contributed by atoms with E-state index in [9.17, 15) is 0 Å². The molecular formula is C6H7N3. The minimum Gasteiger partial charge on any atom is -0.372 e. The molecule has 0 saturated carbocycles. The van der Waals surface area contributed by atoms with Crippen LogP contribution in [-0.2, 0) is 0 Å². The van der Waals surface area contributed by atoms with Crippen molar-refractivity contribution in [3.63, 3.8) is 0 Å². The van der Waals surface area contributed by atoms with Crippen LogP contribution in [0.25, 0.3) is 0 Å². The second kappa shape index (κ2) is 1.62. The van der Waals surface area contributed by atoms with Gasteiger partial charge in [-0.3, -0.25) is 4.99 Å². The summed E-state index contributed by atoms with van der Waals surface area (Å²) in [4.78, 5) is 6.05. The molecule has 0 aromatic carbocycles. The fourth-order valence-electron chi connectivity index (χ4n) is 0.911. The Morgan fingerprint density at radius 1 is 1.67 bits per heavy atom. The molecule has 0 spiro atoms. The van der Waals surface area contributed by atoms with Gasteiger partial charge in [-0.15, -0.1) is 0 Å². The number of fused-ring (bicyclic) bond motifs is 1. The molecule has 2 heterocycles. The fraction of sp³-hybridized carbons (Fsp3) is 0.167. The standard InChI is InChI=1S/C6H7N3/c1-2-9-5-8-4-6(9)3-7-1/h1-4,8H,5H2. The molecule has 0 unspecified atom stereocenters. The van der Waals surface area contributed by atoms with Gasteiger partial charge in [0.15, 0.2) is 0 Å². The summed E-state index contributed by atoms with van der Waals surface area (Å²) in [5.41, 5.74) is 1.14. The number of rotatable bonds is 0. The summed E-state index contributed by atoms with van der Waals surface area (Å²) in [7, 11) is 0. The van der Waals surface area contributed by atoms with Crippen molar-refractivity contribution in [2.75, 3.05) is 6.67 Å². The third-order valence-corrected chi connectivity index (χ3v) is 1.38. The first kappa shape index (κ1) is 4.61. The van der Waals surface area contributed by atoms with Crippen LogP contribution in [0.2, 0.25) is 0 Å². The van der Waals surface area contributed by atoms with Crippen LogP contribution < -0.4 is 5.32 Å². The molecule has 46 valence electrons. The molecule has 2 rings (SSSR count). The lowest BCUT2D eigenvalue weighted by atomic mass is 10.4. The van der Waals surface area contributed by atoms with E-state index in [2.05, 4.69) is 15.2 Å². The maximum absolute atomic E-state index is 3.96. The van der Waals surface area contributed by atoms with Gasteiger partial charge in [-0.25, -0.2) is 0 Å². The van der Waals surface area contributed by atoms with E-state index in [4.69, 9.17) is 0 Å². The van der Waals surface area contributed by atoms with Crippen molar-refractivity contribution >= 4 is 6.21 Å². The van der Waals surface area contributed by atoms with Crippen LogP contribution >= 0.6 is 0 Å². The third kappa shape index (κ3) is 0.614. The van der Waals surface area contributed by atoms with Gasteiger partial charge < -0.3 is 10.2 Å². The molecule has 0 radical (unpaired) electrons. The molecule has 9 heavy (non-hydrogen) atoms. The van der Waals surface area contributed by atoms with Gasteiger partial charge >= 0.3 is 0 Å². The maximum Gasteiger partial charge on any atom is 0.0917 e. The highest BCUT2D eigenvalue weighted by Crippen LogP contribution is 2.09. The Hall–Kier alpha value is -1.25. The van der Waals surface area contributed by atoms with E-state index in [1.807, 2.05) is 18.6 Å². The molecule has 2 aliphatic heterocycles. The van der Waals surface area contributed by atoms with E-state index in [1.54, 1.807) is 6.20 Å².